The molecule has 0 fully saturated rings. The van der Waals surface area contributed by atoms with Crippen LogP contribution in [-0.2, 0) is 25.5 Å². The minimum absolute atomic E-state index is 0.307. The molecule has 0 bridgehead atoms. The van der Waals surface area contributed by atoms with Gasteiger partial charge in [-0.25, -0.2) is 14.6 Å². The second-order valence-electron chi connectivity index (χ2n) is 11.6. The summed E-state index contributed by atoms with van der Waals surface area (Å²) in [6.45, 7) is 11.8. The van der Waals surface area contributed by atoms with E-state index in [9.17, 15) is 9.59 Å². The van der Waals surface area contributed by atoms with Crippen LogP contribution in [0, 0.1) is 0 Å². The molecule has 0 unspecified atom stereocenters. The Labute approximate surface area is 302 Å². The number of fused-ring (bicyclic) bond motifs is 1. The highest BCUT2D eigenvalue weighted by Crippen LogP contribution is 2.39. The van der Waals surface area contributed by atoms with E-state index in [-0.39, 0.29) is 5.97 Å². The minimum Gasteiger partial charge on any atom is -0.463 e. The van der Waals surface area contributed by atoms with Crippen LogP contribution in [0.4, 0.5) is 27.2 Å². The predicted molar refractivity (Wildman–Crippen MR) is 204 cm³/mol. The molecule has 2 heterocycles. The molecule has 0 radical (unpaired) electrons. The van der Waals surface area contributed by atoms with Gasteiger partial charge in [-0.2, -0.15) is 0 Å². The zero-order valence-electron chi connectivity index (χ0n) is 28.8. The number of aromatic nitrogens is 1. The van der Waals surface area contributed by atoms with E-state index >= 15 is 0 Å². The number of ether oxygens (including phenoxy) is 2. The van der Waals surface area contributed by atoms with Crippen molar-refractivity contribution in [2.75, 3.05) is 31.2 Å². The number of thiazole rings is 1. The van der Waals surface area contributed by atoms with Crippen molar-refractivity contribution in [2.45, 2.75) is 71.1 Å². The predicted octanol–water partition coefficient (Wildman–Crippen LogP) is 11.5. The summed E-state index contributed by atoms with van der Waals surface area (Å²) in [5, 5.41) is 18.9. The van der Waals surface area contributed by atoms with E-state index in [1.807, 2.05) is 42.5 Å². The smallest absolute Gasteiger partial charge is 0.330 e. The molecule has 0 saturated carbocycles. The number of carbonyl (C=O) groups is 2. The molecule has 12 heteroatoms. The zero-order chi connectivity index (χ0) is 35.4. The lowest BCUT2D eigenvalue weighted by Crippen LogP contribution is -2.23. The van der Waals surface area contributed by atoms with Gasteiger partial charge in [0.05, 0.1) is 29.3 Å². The number of hydrogen-bond acceptors (Lipinski definition) is 12. The number of nitrogens with zero attached hydrogens (tertiary/aromatic N) is 6. The van der Waals surface area contributed by atoms with Crippen LogP contribution in [0.5, 0.6) is 0 Å². The first kappa shape index (κ1) is 38.3. The van der Waals surface area contributed by atoms with Crippen LogP contribution >= 0.6 is 22.7 Å². The van der Waals surface area contributed by atoms with Crippen LogP contribution in [0.15, 0.2) is 100 Å². The summed E-state index contributed by atoms with van der Waals surface area (Å²) in [6.07, 6.45) is 13.7. The summed E-state index contributed by atoms with van der Waals surface area (Å²) in [6, 6.07) is 17.9. The van der Waals surface area contributed by atoms with Gasteiger partial charge >= 0.3 is 11.9 Å². The first-order valence-corrected chi connectivity index (χ1v) is 18.9. The van der Waals surface area contributed by atoms with E-state index in [2.05, 4.69) is 62.6 Å². The van der Waals surface area contributed by atoms with E-state index < -0.39 is 5.97 Å². The summed E-state index contributed by atoms with van der Waals surface area (Å²) >= 11 is 2.94. The fourth-order valence-electron chi connectivity index (χ4n) is 5.14. The summed E-state index contributed by atoms with van der Waals surface area (Å²) in [7, 11) is 0. The van der Waals surface area contributed by atoms with E-state index in [1.54, 1.807) is 0 Å². The highest BCUT2D eigenvalue weighted by molar-refractivity contribution is 7.30. The van der Waals surface area contributed by atoms with Crippen LogP contribution in [-0.4, -0.2) is 43.2 Å². The Morgan fingerprint density at radius 3 is 1.94 bits per heavy atom. The van der Waals surface area contributed by atoms with Gasteiger partial charge in [-0.15, -0.1) is 20.5 Å². The van der Waals surface area contributed by atoms with Gasteiger partial charge in [0, 0.05) is 37.3 Å². The van der Waals surface area contributed by atoms with Crippen molar-refractivity contribution in [1.29, 1.82) is 0 Å². The maximum absolute atomic E-state index is 11.2. The third-order valence-electron chi connectivity index (χ3n) is 7.90. The Morgan fingerprint density at radius 1 is 0.740 bits per heavy atom. The van der Waals surface area contributed by atoms with Crippen molar-refractivity contribution in [2.24, 2.45) is 20.5 Å². The van der Waals surface area contributed by atoms with Crippen LogP contribution < -0.4 is 4.90 Å². The van der Waals surface area contributed by atoms with E-state index in [0.717, 1.165) is 63.5 Å². The van der Waals surface area contributed by atoms with Crippen LogP contribution in [0.2, 0.25) is 0 Å². The maximum atomic E-state index is 11.2. The van der Waals surface area contributed by atoms with Gasteiger partial charge in [-0.1, -0.05) is 92.9 Å². The largest absolute Gasteiger partial charge is 0.463 e. The van der Waals surface area contributed by atoms with E-state index in [4.69, 9.17) is 9.47 Å². The number of hydrogen-bond donors (Lipinski definition) is 0. The van der Waals surface area contributed by atoms with Gasteiger partial charge in [0.1, 0.15) is 9.83 Å². The second kappa shape index (κ2) is 21.5. The number of anilines is 1. The quantitative estimate of drug-likeness (QED) is 0.0326. The lowest BCUT2D eigenvalue weighted by atomic mass is 10.1. The van der Waals surface area contributed by atoms with Gasteiger partial charge in [0.15, 0.2) is 0 Å². The lowest BCUT2D eigenvalue weighted by molar-refractivity contribution is -0.138. The molecule has 0 spiro atoms. The van der Waals surface area contributed by atoms with Gasteiger partial charge in [0.2, 0.25) is 5.13 Å². The molecular weight excluding hydrogens is 669 g/mol. The third kappa shape index (κ3) is 13.4. The fraction of sp³-hybridized carbons (Fsp3) is 0.395. The molecule has 0 aliphatic rings. The Morgan fingerprint density at radius 2 is 1.32 bits per heavy atom. The Hall–Kier alpha value is -4.55. The first-order chi connectivity index (χ1) is 24.5. The van der Waals surface area contributed by atoms with E-state index in [0.29, 0.717) is 24.8 Å². The summed E-state index contributed by atoms with van der Waals surface area (Å²) < 4.78 is 11.0. The van der Waals surface area contributed by atoms with Crippen molar-refractivity contribution in [3.05, 3.63) is 85.5 Å². The monoisotopic (exact) mass is 714 g/mol. The second-order valence-corrected chi connectivity index (χ2v) is 13.6. The molecule has 2 aromatic carbocycles. The van der Waals surface area contributed by atoms with Crippen LogP contribution in [0.3, 0.4) is 0 Å². The number of azo groups is 2. The fourth-order valence-corrected chi connectivity index (χ4v) is 6.99. The number of carbonyl (C=O) groups excluding carboxylic acids is 2. The molecule has 10 nitrogen and oxygen atoms in total. The molecule has 0 saturated heterocycles. The molecule has 4 aromatic rings. The Balaban J connectivity index is 1.14. The highest BCUT2D eigenvalue weighted by Gasteiger charge is 2.09. The molecule has 50 heavy (non-hydrogen) atoms. The van der Waals surface area contributed by atoms with Crippen molar-refractivity contribution < 1.29 is 19.1 Å². The van der Waals surface area contributed by atoms with Crippen LogP contribution in [0.25, 0.3) is 9.53 Å². The molecule has 4 rings (SSSR count). The summed E-state index contributed by atoms with van der Waals surface area (Å²) in [5.41, 5.74) is 3.77. The molecular formula is C38H46N6O4S2. The molecule has 264 valence electrons. The van der Waals surface area contributed by atoms with Gasteiger partial charge in [-0.05, 0) is 67.8 Å². The van der Waals surface area contributed by atoms with E-state index in [1.165, 1.54) is 79.4 Å². The Kier molecular flexibility index (Phi) is 16.5. The third-order valence-corrected chi connectivity index (χ3v) is 9.83. The Bertz CT molecular complexity index is 1680. The zero-order valence-corrected chi connectivity index (χ0v) is 30.4. The summed E-state index contributed by atoms with van der Waals surface area (Å²) in [5.74, 6) is -0.752. The molecule has 0 atom stereocenters. The lowest BCUT2D eigenvalue weighted by Gasteiger charge is -2.23. The molecule has 0 aliphatic heterocycles. The molecule has 2 aromatic heterocycles. The normalized spacial score (nSPS) is 11.4. The average Bonchev–Trinajstić information content (AvgIpc) is 3.71. The van der Waals surface area contributed by atoms with Gasteiger partial charge < -0.3 is 14.4 Å². The molecule has 0 amide bonds. The highest BCUT2D eigenvalue weighted by atomic mass is 32.1. The SMILES string of the molecule is C=CC(=O)OCCCCCCCCCCCN(CC)c1ccc(N=Nc2nc3sc(N=Nc4ccc(CCOC(=O)C=C)cc4)cc3s2)cc1. The molecule has 0 aliphatic carbocycles. The standard InChI is InChI=1S/C38H46N6O4S2/c1-4-35(45)47-26-15-13-11-9-7-8-10-12-14-25-44(6-3)32-22-20-31(21-23-32)41-43-38-39-37-33(49-38)28-34(50-37)42-40-30-18-16-29(17-19-30)24-27-48-36(46)5-2/h4-5,16-23,28H,1-2,6-15,24-27H2,3H3. The number of rotatable bonds is 23. The van der Waals surface area contributed by atoms with Crippen molar-refractivity contribution in [3.63, 3.8) is 0 Å². The topological polar surface area (TPSA) is 118 Å². The molecule has 0 N–H and O–H groups in total. The number of benzene rings is 2. The van der Waals surface area contributed by atoms with Gasteiger partial charge in [-0.3, -0.25) is 0 Å². The average molecular weight is 715 g/mol. The number of thiophene rings is 1. The minimum atomic E-state index is -0.419. The van der Waals surface area contributed by atoms with Crippen molar-refractivity contribution in [3.8, 4) is 0 Å². The van der Waals surface area contributed by atoms with Gasteiger partial charge in [0.25, 0.3) is 0 Å². The first-order valence-electron chi connectivity index (χ1n) is 17.2. The van der Waals surface area contributed by atoms with Crippen LogP contribution in [0.1, 0.15) is 70.3 Å². The number of esters is 2. The summed E-state index contributed by atoms with van der Waals surface area (Å²) in [4.78, 5) is 30.1. The van der Waals surface area contributed by atoms with Crippen molar-refractivity contribution in [1.82, 2.24) is 4.98 Å². The number of unbranched alkanes of at least 4 members (excludes halogenated alkanes) is 8. The maximum Gasteiger partial charge on any atom is 0.330 e. The van der Waals surface area contributed by atoms with Crippen molar-refractivity contribution >= 4 is 71.3 Å².